The Balaban J connectivity index is 1.43. The molecule has 5 nitrogen and oxygen atoms in total. The molecule has 4 rings (SSSR count). The van der Waals surface area contributed by atoms with E-state index in [0.717, 1.165) is 42.6 Å². The summed E-state index contributed by atoms with van der Waals surface area (Å²) in [6.07, 6.45) is 0.898. The van der Waals surface area contributed by atoms with Gasteiger partial charge < -0.3 is 19.7 Å². The van der Waals surface area contributed by atoms with E-state index < -0.39 is 0 Å². The molecule has 1 aliphatic rings. The Labute approximate surface area is 216 Å². The molecule has 0 aliphatic carbocycles. The molecule has 184 valence electrons. The molecule has 1 amide bonds. The first-order valence-electron chi connectivity index (χ1n) is 11.7. The standard InChI is InChI=1S/C28H30Cl2N2O3/c1-34-26-11-6-19(14-27(26)35-2)12-13-32-17-22(25(18-32)20-7-9-23(29)10-8-20)16-31-28(33)21-4-3-5-24(30)15-21/h3-11,14-15,22,25H,12-13,16-18H2,1-2H3,(H,31,33)/t22-,25+/m0/s1. The van der Waals surface area contributed by atoms with Crippen LogP contribution in [0.1, 0.15) is 27.4 Å². The van der Waals surface area contributed by atoms with Crippen molar-refractivity contribution in [3.63, 3.8) is 0 Å². The Bertz CT molecular complexity index is 1150. The number of hydrogen-bond acceptors (Lipinski definition) is 4. The van der Waals surface area contributed by atoms with E-state index in [1.165, 1.54) is 11.1 Å². The number of carbonyl (C=O) groups is 1. The summed E-state index contributed by atoms with van der Waals surface area (Å²) in [4.78, 5) is 15.2. The number of nitrogens with one attached hydrogen (secondary N) is 1. The van der Waals surface area contributed by atoms with Crippen LogP contribution in [0.25, 0.3) is 0 Å². The molecule has 0 bridgehead atoms. The molecular formula is C28H30Cl2N2O3. The SMILES string of the molecule is COc1ccc(CCN2C[C@H](CNC(=O)c3cccc(Cl)c3)[C@@H](c3ccc(Cl)cc3)C2)cc1OC. The van der Waals surface area contributed by atoms with E-state index in [9.17, 15) is 4.79 Å². The fourth-order valence-corrected chi connectivity index (χ4v) is 5.03. The van der Waals surface area contributed by atoms with Crippen molar-refractivity contribution in [2.75, 3.05) is 40.4 Å². The smallest absolute Gasteiger partial charge is 0.251 e. The van der Waals surface area contributed by atoms with Gasteiger partial charge in [-0.2, -0.15) is 0 Å². The number of amides is 1. The van der Waals surface area contributed by atoms with Crippen LogP contribution in [0.4, 0.5) is 0 Å². The van der Waals surface area contributed by atoms with Crippen molar-refractivity contribution in [3.8, 4) is 11.5 Å². The van der Waals surface area contributed by atoms with Crippen molar-refractivity contribution >= 4 is 29.1 Å². The van der Waals surface area contributed by atoms with E-state index in [1.807, 2.05) is 24.3 Å². The zero-order chi connectivity index (χ0) is 24.8. The number of benzene rings is 3. The van der Waals surface area contributed by atoms with Gasteiger partial charge in [0, 0.05) is 47.7 Å². The summed E-state index contributed by atoms with van der Waals surface area (Å²) >= 11 is 12.2. The van der Waals surface area contributed by atoms with Gasteiger partial charge in [0.05, 0.1) is 14.2 Å². The maximum Gasteiger partial charge on any atom is 0.251 e. The fourth-order valence-electron chi connectivity index (χ4n) is 4.72. The largest absolute Gasteiger partial charge is 0.493 e. The van der Waals surface area contributed by atoms with Crippen molar-refractivity contribution in [2.24, 2.45) is 5.92 Å². The summed E-state index contributed by atoms with van der Waals surface area (Å²) in [6.45, 7) is 3.33. The van der Waals surface area contributed by atoms with E-state index in [1.54, 1.807) is 38.5 Å². The van der Waals surface area contributed by atoms with Crippen molar-refractivity contribution < 1.29 is 14.3 Å². The van der Waals surface area contributed by atoms with Crippen LogP contribution < -0.4 is 14.8 Å². The molecule has 0 spiro atoms. The van der Waals surface area contributed by atoms with Crippen LogP contribution in [0, 0.1) is 5.92 Å². The van der Waals surface area contributed by atoms with Crippen LogP contribution >= 0.6 is 23.2 Å². The molecule has 2 atom stereocenters. The summed E-state index contributed by atoms with van der Waals surface area (Å²) < 4.78 is 10.8. The second-order valence-corrected chi connectivity index (χ2v) is 9.71. The number of hydrogen-bond donors (Lipinski definition) is 1. The maximum absolute atomic E-state index is 12.7. The molecule has 0 saturated carbocycles. The Kier molecular flexibility index (Phi) is 8.55. The highest BCUT2D eigenvalue weighted by molar-refractivity contribution is 6.31. The summed E-state index contributed by atoms with van der Waals surface area (Å²) in [6, 6.07) is 21.2. The molecule has 3 aromatic rings. The highest BCUT2D eigenvalue weighted by Gasteiger charge is 2.33. The topological polar surface area (TPSA) is 50.8 Å². The van der Waals surface area contributed by atoms with Gasteiger partial charge in [-0.3, -0.25) is 4.79 Å². The summed E-state index contributed by atoms with van der Waals surface area (Å²) in [5.41, 5.74) is 3.01. The number of ether oxygens (including phenoxy) is 2. The van der Waals surface area contributed by atoms with Gasteiger partial charge in [0.1, 0.15) is 0 Å². The van der Waals surface area contributed by atoms with Crippen LogP contribution in [0.5, 0.6) is 11.5 Å². The Morgan fingerprint density at radius 2 is 1.71 bits per heavy atom. The Hall–Kier alpha value is -2.73. The van der Waals surface area contributed by atoms with Gasteiger partial charge in [0.15, 0.2) is 11.5 Å². The first kappa shape index (κ1) is 25.4. The van der Waals surface area contributed by atoms with Crippen molar-refractivity contribution in [3.05, 3.63) is 93.5 Å². The quantitative estimate of drug-likeness (QED) is 0.399. The van der Waals surface area contributed by atoms with Gasteiger partial charge in [0.2, 0.25) is 0 Å². The highest BCUT2D eigenvalue weighted by atomic mass is 35.5. The van der Waals surface area contributed by atoms with Gasteiger partial charge >= 0.3 is 0 Å². The lowest BCUT2D eigenvalue weighted by molar-refractivity contribution is 0.0946. The molecule has 35 heavy (non-hydrogen) atoms. The first-order valence-corrected chi connectivity index (χ1v) is 12.4. The minimum absolute atomic E-state index is 0.105. The fraction of sp³-hybridized carbons (Fsp3) is 0.321. The Morgan fingerprint density at radius 1 is 0.943 bits per heavy atom. The van der Waals surface area contributed by atoms with Crippen molar-refractivity contribution in [2.45, 2.75) is 12.3 Å². The van der Waals surface area contributed by atoms with E-state index in [4.69, 9.17) is 32.7 Å². The molecule has 0 radical (unpaired) electrons. The third-order valence-corrected chi connectivity index (χ3v) is 7.08. The minimum atomic E-state index is -0.105. The van der Waals surface area contributed by atoms with E-state index >= 15 is 0 Å². The lowest BCUT2D eigenvalue weighted by atomic mass is 9.89. The molecule has 1 N–H and O–H groups in total. The van der Waals surface area contributed by atoms with Gasteiger partial charge in [-0.1, -0.05) is 47.5 Å². The number of carbonyl (C=O) groups excluding carboxylic acids is 1. The van der Waals surface area contributed by atoms with E-state index in [-0.39, 0.29) is 11.8 Å². The third kappa shape index (κ3) is 6.49. The van der Waals surface area contributed by atoms with Crippen LogP contribution in [0.2, 0.25) is 10.0 Å². The van der Waals surface area contributed by atoms with Gasteiger partial charge in [-0.15, -0.1) is 0 Å². The van der Waals surface area contributed by atoms with E-state index in [2.05, 4.69) is 28.4 Å². The molecular weight excluding hydrogens is 483 g/mol. The molecule has 3 aromatic carbocycles. The normalized spacial score (nSPS) is 17.8. The second kappa shape index (κ2) is 11.8. The van der Waals surface area contributed by atoms with Crippen molar-refractivity contribution in [1.82, 2.24) is 10.2 Å². The summed E-state index contributed by atoms with van der Waals surface area (Å²) in [5.74, 6) is 1.95. The predicted molar refractivity (Wildman–Crippen MR) is 141 cm³/mol. The summed E-state index contributed by atoms with van der Waals surface area (Å²) in [5, 5.41) is 4.40. The van der Waals surface area contributed by atoms with Gasteiger partial charge in [0.25, 0.3) is 5.91 Å². The van der Waals surface area contributed by atoms with Crippen molar-refractivity contribution in [1.29, 1.82) is 0 Å². The lowest BCUT2D eigenvalue weighted by Gasteiger charge is -2.19. The number of rotatable bonds is 9. The van der Waals surface area contributed by atoms with E-state index in [0.29, 0.717) is 23.0 Å². The minimum Gasteiger partial charge on any atom is -0.493 e. The molecule has 0 unspecified atom stereocenters. The average molecular weight is 513 g/mol. The number of nitrogens with zero attached hydrogens (tertiary/aromatic N) is 1. The number of methoxy groups -OCH3 is 2. The zero-order valence-corrected chi connectivity index (χ0v) is 21.5. The summed E-state index contributed by atoms with van der Waals surface area (Å²) in [7, 11) is 3.30. The number of halogens is 2. The lowest BCUT2D eigenvalue weighted by Crippen LogP contribution is -2.32. The zero-order valence-electron chi connectivity index (χ0n) is 20.0. The molecule has 7 heteroatoms. The first-order chi connectivity index (χ1) is 17.0. The Morgan fingerprint density at radius 3 is 2.43 bits per heavy atom. The number of likely N-dealkylation sites (tertiary alicyclic amines) is 1. The van der Waals surface area contributed by atoms with Crippen LogP contribution in [-0.2, 0) is 6.42 Å². The van der Waals surface area contributed by atoms with Crippen LogP contribution in [-0.4, -0.2) is 51.2 Å². The molecule has 1 aliphatic heterocycles. The predicted octanol–water partition coefficient (Wildman–Crippen LogP) is 5.70. The third-order valence-electron chi connectivity index (χ3n) is 6.59. The van der Waals surface area contributed by atoms with Crippen LogP contribution in [0.3, 0.4) is 0 Å². The molecule has 0 aromatic heterocycles. The average Bonchev–Trinajstić information content (AvgIpc) is 3.29. The molecule has 1 fully saturated rings. The monoisotopic (exact) mass is 512 g/mol. The van der Waals surface area contributed by atoms with Gasteiger partial charge in [-0.25, -0.2) is 0 Å². The molecule has 1 saturated heterocycles. The van der Waals surface area contributed by atoms with Gasteiger partial charge in [-0.05, 0) is 65.9 Å². The maximum atomic E-state index is 12.7. The second-order valence-electron chi connectivity index (χ2n) is 8.84. The highest BCUT2D eigenvalue weighted by Crippen LogP contribution is 2.34. The van der Waals surface area contributed by atoms with Crippen LogP contribution in [0.15, 0.2) is 66.7 Å². The molecule has 1 heterocycles.